The van der Waals surface area contributed by atoms with E-state index in [-0.39, 0.29) is 5.78 Å². The van der Waals surface area contributed by atoms with Gasteiger partial charge in [-0.1, -0.05) is 31.7 Å². The van der Waals surface area contributed by atoms with Crippen LogP contribution in [-0.4, -0.2) is 5.78 Å². The summed E-state index contributed by atoms with van der Waals surface area (Å²) in [7, 11) is 0. The Morgan fingerprint density at radius 1 is 1.64 bits per heavy atom. The fraction of sp³-hybridized carbons (Fsp3) is 0.500. The molecule has 0 amide bonds. The van der Waals surface area contributed by atoms with Crippen molar-refractivity contribution < 1.29 is 4.79 Å². The Kier molecular flexibility index (Phi) is 5.44. The van der Waals surface area contributed by atoms with Crippen LogP contribution < -0.4 is 0 Å². The molecule has 0 aromatic heterocycles. The van der Waals surface area contributed by atoms with Gasteiger partial charge in [-0.25, -0.2) is 0 Å². The van der Waals surface area contributed by atoms with Crippen molar-refractivity contribution >= 4 is 5.78 Å². The summed E-state index contributed by atoms with van der Waals surface area (Å²) >= 11 is 0. The van der Waals surface area contributed by atoms with Gasteiger partial charge in [0.05, 0.1) is 0 Å². The first-order valence-corrected chi connectivity index (χ1v) is 3.95. The van der Waals surface area contributed by atoms with Crippen molar-refractivity contribution in [1.82, 2.24) is 0 Å². The monoisotopic (exact) mass is 152 g/mol. The minimum atomic E-state index is 0.267. The first-order valence-electron chi connectivity index (χ1n) is 3.95. The van der Waals surface area contributed by atoms with Crippen LogP contribution in [0.2, 0.25) is 0 Å². The van der Waals surface area contributed by atoms with E-state index in [4.69, 9.17) is 0 Å². The smallest absolute Gasteiger partial charge is 0.129 e. The molecule has 0 N–H and O–H groups in total. The molecule has 62 valence electrons. The predicted octanol–water partition coefficient (Wildman–Crippen LogP) is 2.73. The van der Waals surface area contributed by atoms with E-state index in [2.05, 4.69) is 19.6 Å². The Balaban J connectivity index is 3.51. The number of hydrogen-bond donors (Lipinski definition) is 0. The molecule has 1 nitrogen and oxygen atoms in total. The van der Waals surface area contributed by atoms with E-state index >= 15 is 0 Å². The third-order valence-corrected chi connectivity index (χ3v) is 1.53. The summed E-state index contributed by atoms with van der Waals surface area (Å²) < 4.78 is 0. The molecule has 0 aliphatic carbocycles. The van der Waals surface area contributed by atoms with Gasteiger partial charge in [0.25, 0.3) is 0 Å². The highest BCUT2D eigenvalue weighted by atomic mass is 16.1. The van der Waals surface area contributed by atoms with Gasteiger partial charge in [-0.05, 0) is 19.3 Å². The standard InChI is InChI=1S/C10H16O/c1-4-5-6-9(2)7-8-10(3)11/h4-6,9H,1,7-8H2,2-3H3. The average molecular weight is 152 g/mol. The van der Waals surface area contributed by atoms with Crippen molar-refractivity contribution in [3.8, 4) is 0 Å². The largest absolute Gasteiger partial charge is 0.300 e. The molecule has 0 aromatic carbocycles. The molecule has 0 saturated heterocycles. The molecular weight excluding hydrogens is 136 g/mol. The zero-order valence-electron chi connectivity index (χ0n) is 7.34. The molecule has 0 spiro atoms. The summed E-state index contributed by atoms with van der Waals surface area (Å²) in [6, 6.07) is 0. The van der Waals surface area contributed by atoms with Crippen LogP contribution in [0, 0.1) is 5.92 Å². The number of allylic oxidation sites excluding steroid dienone is 3. The summed E-state index contributed by atoms with van der Waals surface area (Å²) in [5.74, 6) is 0.751. The second kappa shape index (κ2) is 5.90. The van der Waals surface area contributed by atoms with Crippen LogP contribution >= 0.6 is 0 Å². The molecule has 0 bridgehead atoms. The summed E-state index contributed by atoms with van der Waals surface area (Å²) in [5, 5.41) is 0. The van der Waals surface area contributed by atoms with Gasteiger partial charge in [0.2, 0.25) is 0 Å². The molecule has 0 heterocycles. The number of Topliss-reactive ketones (excluding diaryl/α,β-unsaturated/α-hetero) is 1. The number of carbonyl (C=O) groups excluding carboxylic acids is 1. The van der Waals surface area contributed by atoms with E-state index in [9.17, 15) is 4.79 Å². The maximum Gasteiger partial charge on any atom is 0.129 e. The van der Waals surface area contributed by atoms with Crippen LogP contribution in [0.15, 0.2) is 24.8 Å². The maximum absolute atomic E-state index is 10.6. The summed E-state index contributed by atoms with van der Waals surface area (Å²) in [4.78, 5) is 10.6. The topological polar surface area (TPSA) is 17.1 Å². The molecule has 0 aliphatic heterocycles. The minimum Gasteiger partial charge on any atom is -0.300 e. The molecule has 0 radical (unpaired) electrons. The van der Waals surface area contributed by atoms with E-state index in [0.717, 1.165) is 6.42 Å². The zero-order chi connectivity index (χ0) is 8.69. The van der Waals surface area contributed by atoms with Gasteiger partial charge in [-0.15, -0.1) is 0 Å². The SMILES string of the molecule is C=CC=CC(C)CCC(C)=O. The van der Waals surface area contributed by atoms with Crippen LogP contribution in [-0.2, 0) is 4.79 Å². The van der Waals surface area contributed by atoms with Crippen molar-refractivity contribution in [3.05, 3.63) is 24.8 Å². The molecular formula is C10H16O. The van der Waals surface area contributed by atoms with E-state index in [1.165, 1.54) is 0 Å². The van der Waals surface area contributed by atoms with Gasteiger partial charge in [0.1, 0.15) is 5.78 Å². The molecule has 0 fully saturated rings. The zero-order valence-corrected chi connectivity index (χ0v) is 7.34. The summed E-state index contributed by atoms with van der Waals surface area (Å²) in [5.41, 5.74) is 0. The number of ketones is 1. The van der Waals surface area contributed by atoms with E-state index in [1.807, 2.05) is 6.08 Å². The molecule has 0 saturated carbocycles. The fourth-order valence-electron chi connectivity index (χ4n) is 0.795. The van der Waals surface area contributed by atoms with Crippen LogP contribution in [0.3, 0.4) is 0 Å². The first kappa shape index (κ1) is 10.2. The molecule has 0 aromatic rings. The molecule has 11 heavy (non-hydrogen) atoms. The lowest BCUT2D eigenvalue weighted by Gasteiger charge is -2.01. The van der Waals surface area contributed by atoms with Gasteiger partial charge in [-0.3, -0.25) is 0 Å². The van der Waals surface area contributed by atoms with Crippen molar-refractivity contribution in [2.75, 3.05) is 0 Å². The Morgan fingerprint density at radius 2 is 2.27 bits per heavy atom. The average Bonchev–Trinajstić information content (AvgIpc) is 1.97. The first-order chi connectivity index (χ1) is 5.16. The van der Waals surface area contributed by atoms with Crippen LogP contribution in [0.4, 0.5) is 0 Å². The lowest BCUT2D eigenvalue weighted by molar-refractivity contribution is -0.117. The van der Waals surface area contributed by atoms with E-state index < -0.39 is 0 Å². The summed E-state index contributed by atoms with van der Waals surface area (Å²) in [6.45, 7) is 7.30. The van der Waals surface area contributed by atoms with Crippen LogP contribution in [0.5, 0.6) is 0 Å². The van der Waals surface area contributed by atoms with Gasteiger partial charge >= 0.3 is 0 Å². The lowest BCUT2D eigenvalue weighted by Crippen LogP contribution is -1.95. The Labute approximate surface area is 68.8 Å². The Hall–Kier alpha value is -0.850. The third-order valence-electron chi connectivity index (χ3n) is 1.53. The predicted molar refractivity (Wildman–Crippen MR) is 48.4 cm³/mol. The van der Waals surface area contributed by atoms with Crippen LogP contribution in [0.25, 0.3) is 0 Å². The fourth-order valence-corrected chi connectivity index (χ4v) is 0.795. The molecule has 0 aliphatic rings. The minimum absolute atomic E-state index is 0.267. The van der Waals surface area contributed by atoms with E-state index in [0.29, 0.717) is 12.3 Å². The second-order valence-electron chi connectivity index (χ2n) is 2.84. The van der Waals surface area contributed by atoms with Gasteiger partial charge < -0.3 is 4.79 Å². The van der Waals surface area contributed by atoms with Crippen LogP contribution in [0.1, 0.15) is 26.7 Å². The maximum atomic E-state index is 10.6. The highest BCUT2D eigenvalue weighted by Gasteiger charge is 1.98. The normalized spacial score (nSPS) is 13.3. The quantitative estimate of drug-likeness (QED) is 0.553. The number of rotatable bonds is 5. The highest BCUT2D eigenvalue weighted by Crippen LogP contribution is 2.06. The lowest BCUT2D eigenvalue weighted by atomic mass is 10.0. The Bertz CT molecular complexity index is 156. The molecule has 1 unspecified atom stereocenters. The number of hydrogen-bond acceptors (Lipinski definition) is 1. The molecule has 0 rings (SSSR count). The summed E-state index contributed by atoms with van der Waals surface area (Å²) in [6.07, 6.45) is 7.37. The van der Waals surface area contributed by atoms with Crippen molar-refractivity contribution in [3.63, 3.8) is 0 Å². The Morgan fingerprint density at radius 3 is 2.73 bits per heavy atom. The van der Waals surface area contributed by atoms with Gasteiger partial charge in [0.15, 0.2) is 0 Å². The van der Waals surface area contributed by atoms with E-state index in [1.54, 1.807) is 13.0 Å². The van der Waals surface area contributed by atoms with Crippen molar-refractivity contribution in [1.29, 1.82) is 0 Å². The second-order valence-corrected chi connectivity index (χ2v) is 2.84. The molecule has 1 atom stereocenters. The molecule has 1 heteroatoms. The van der Waals surface area contributed by atoms with Crippen molar-refractivity contribution in [2.45, 2.75) is 26.7 Å². The third kappa shape index (κ3) is 7.04. The highest BCUT2D eigenvalue weighted by molar-refractivity contribution is 5.75. The van der Waals surface area contributed by atoms with Gasteiger partial charge in [-0.2, -0.15) is 0 Å². The van der Waals surface area contributed by atoms with Gasteiger partial charge in [0, 0.05) is 6.42 Å². The number of carbonyl (C=O) groups is 1. The van der Waals surface area contributed by atoms with Crippen molar-refractivity contribution in [2.24, 2.45) is 5.92 Å².